The largest absolute Gasteiger partial charge is 0.371 e. The van der Waals surface area contributed by atoms with Crippen LogP contribution in [0.5, 0.6) is 0 Å². The Morgan fingerprint density at radius 1 is 1.09 bits per heavy atom. The topological polar surface area (TPSA) is 32.3 Å². The highest BCUT2D eigenvalue weighted by Gasteiger charge is 2.24. The Morgan fingerprint density at radius 3 is 2.45 bits per heavy atom. The molecule has 0 unspecified atom stereocenters. The van der Waals surface area contributed by atoms with E-state index in [0.717, 1.165) is 43.1 Å². The molecule has 1 aromatic carbocycles. The summed E-state index contributed by atoms with van der Waals surface area (Å²) in [6.07, 6.45) is 4.15. The molecule has 2 heterocycles. The quantitative estimate of drug-likeness (QED) is 0.870. The van der Waals surface area contributed by atoms with E-state index in [0.29, 0.717) is 6.04 Å². The van der Waals surface area contributed by atoms with Crippen molar-refractivity contribution in [3.8, 4) is 0 Å². The van der Waals surface area contributed by atoms with Crippen LogP contribution in [-0.2, 0) is 0 Å². The molecule has 4 nitrogen and oxygen atoms in total. The minimum absolute atomic E-state index is 0.594. The molecule has 1 fully saturated rings. The lowest BCUT2D eigenvalue weighted by Crippen LogP contribution is -2.44. The zero-order valence-corrected chi connectivity index (χ0v) is 13.7. The predicted octanol–water partition coefficient (Wildman–Crippen LogP) is 3.20. The lowest BCUT2D eigenvalue weighted by molar-refractivity contribution is 0.479. The third-order valence-electron chi connectivity index (χ3n) is 4.53. The van der Waals surface area contributed by atoms with Gasteiger partial charge < -0.3 is 9.80 Å². The van der Waals surface area contributed by atoms with E-state index in [1.807, 2.05) is 20.0 Å². The Balaban J connectivity index is 1.66. The average molecular weight is 296 g/mol. The maximum atomic E-state index is 4.67. The molecule has 116 valence electrons. The first-order valence-corrected chi connectivity index (χ1v) is 7.98. The number of para-hydroxylation sites is 1. The number of hydrogen-bond acceptors (Lipinski definition) is 4. The second kappa shape index (κ2) is 6.34. The van der Waals surface area contributed by atoms with E-state index in [1.54, 1.807) is 0 Å². The van der Waals surface area contributed by atoms with Gasteiger partial charge in [0.25, 0.3) is 0 Å². The summed E-state index contributed by atoms with van der Waals surface area (Å²) < 4.78 is 0. The molecule has 0 N–H and O–H groups in total. The van der Waals surface area contributed by atoms with Gasteiger partial charge in [0, 0.05) is 38.1 Å². The maximum Gasteiger partial charge on any atom is 0.150 e. The van der Waals surface area contributed by atoms with Crippen LogP contribution in [0.25, 0.3) is 0 Å². The number of anilines is 2. The Labute approximate surface area is 132 Å². The summed E-state index contributed by atoms with van der Waals surface area (Å²) >= 11 is 0. The lowest BCUT2D eigenvalue weighted by atomic mass is 10.0. The zero-order valence-electron chi connectivity index (χ0n) is 13.7. The summed E-state index contributed by atoms with van der Waals surface area (Å²) in [5, 5.41) is 0. The van der Waals surface area contributed by atoms with Crippen LogP contribution in [-0.4, -0.2) is 36.1 Å². The smallest absolute Gasteiger partial charge is 0.150 e. The van der Waals surface area contributed by atoms with Crippen molar-refractivity contribution >= 4 is 11.5 Å². The number of hydrogen-bond donors (Lipinski definition) is 0. The van der Waals surface area contributed by atoms with Crippen molar-refractivity contribution in [2.24, 2.45) is 0 Å². The van der Waals surface area contributed by atoms with E-state index in [9.17, 15) is 0 Å². The summed E-state index contributed by atoms with van der Waals surface area (Å²) in [6.45, 7) is 6.14. The van der Waals surface area contributed by atoms with Gasteiger partial charge in [-0.1, -0.05) is 18.2 Å². The summed E-state index contributed by atoms with van der Waals surface area (Å²) in [5.74, 6) is 1.06. The minimum atomic E-state index is 0.594. The zero-order chi connectivity index (χ0) is 15.5. The molecule has 0 saturated carbocycles. The van der Waals surface area contributed by atoms with Crippen molar-refractivity contribution in [3.63, 3.8) is 0 Å². The SMILES string of the molecule is Cc1cnc(C)c(N2CCC(N(C)c3ccccc3)CC2)n1. The van der Waals surface area contributed by atoms with Gasteiger partial charge in [0.15, 0.2) is 0 Å². The fraction of sp³-hybridized carbons (Fsp3) is 0.444. The van der Waals surface area contributed by atoms with Crippen LogP contribution in [0.2, 0.25) is 0 Å². The van der Waals surface area contributed by atoms with Crippen molar-refractivity contribution < 1.29 is 0 Å². The minimum Gasteiger partial charge on any atom is -0.371 e. The van der Waals surface area contributed by atoms with Crippen LogP contribution in [0.4, 0.5) is 11.5 Å². The van der Waals surface area contributed by atoms with Crippen molar-refractivity contribution in [1.29, 1.82) is 0 Å². The van der Waals surface area contributed by atoms with Crippen LogP contribution in [0.1, 0.15) is 24.2 Å². The second-order valence-electron chi connectivity index (χ2n) is 6.09. The Morgan fingerprint density at radius 2 is 1.77 bits per heavy atom. The van der Waals surface area contributed by atoms with Crippen molar-refractivity contribution in [3.05, 3.63) is 47.9 Å². The van der Waals surface area contributed by atoms with E-state index < -0.39 is 0 Å². The van der Waals surface area contributed by atoms with Crippen LogP contribution < -0.4 is 9.80 Å². The third-order valence-corrected chi connectivity index (χ3v) is 4.53. The lowest BCUT2D eigenvalue weighted by Gasteiger charge is -2.38. The molecule has 0 aliphatic carbocycles. The molecule has 0 radical (unpaired) electrons. The number of aryl methyl sites for hydroxylation is 2. The van der Waals surface area contributed by atoms with Crippen molar-refractivity contribution in [2.75, 3.05) is 29.9 Å². The summed E-state index contributed by atoms with van der Waals surface area (Å²) in [6, 6.07) is 11.2. The van der Waals surface area contributed by atoms with Crippen molar-refractivity contribution in [1.82, 2.24) is 9.97 Å². The number of piperidine rings is 1. The molecular weight excluding hydrogens is 272 g/mol. The van der Waals surface area contributed by atoms with Crippen molar-refractivity contribution in [2.45, 2.75) is 32.7 Å². The molecule has 1 saturated heterocycles. The Bertz CT molecular complexity index is 618. The van der Waals surface area contributed by atoms with E-state index in [1.165, 1.54) is 5.69 Å². The van der Waals surface area contributed by atoms with Gasteiger partial charge in [-0.3, -0.25) is 4.98 Å². The van der Waals surface area contributed by atoms with Gasteiger partial charge in [-0.2, -0.15) is 0 Å². The molecule has 1 aliphatic rings. The third kappa shape index (κ3) is 3.06. The van der Waals surface area contributed by atoms with Gasteiger partial charge in [0.1, 0.15) is 5.82 Å². The molecule has 2 aromatic rings. The standard InChI is InChI=1S/C18H24N4/c1-14-13-19-15(2)18(20-14)22-11-9-17(10-12-22)21(3)16-7-5-4-6-8-16/h4-8,13,17H,9-12H2,1-3H3. The Kier molecular flexibility index (Phi) is 4.27. The molecule has 22 heavy (non-hydrogen) atoms. The summed E-state index contributed by atoms with van der Waals surface area (Å²) in [5.41, 5.74) is 3.32. The highest BCUT2D eigenvalue weighted by Crippen LogP contribution is 2.25. The van der Waals surface area contributed by atoms with Crippen LogP contribution in [0, 0.1) is 13.8 Å². The fourth-order valence-corrected chi connectivity index (χ4v) is 3.16. The van der Waals surface area contributed by atoms with Crippen LogP contribution in [0.15, 0.2) is 36.5 Å². The molecular formula is C18H24N4. The molecule has 0 amide bonds. The highest BCUT2D eigenvalue weighted by atomic mass is 15.2. The molecule has 0 bridgehead atoms. The monoisotopic (exact) mass is 296 g/mol. The Hall–Kier alpha value is -2.10. The van der Waals surface area contributed by atoms with Gasteiger partial charge in [0.2, 0.25) is 0 Å². The van der Waals surface area contributed by atoms with E-state index in [-0.39, 0.29) is 0 Å². The number of aromatic nitrogens is 2. The second-order valence-corrected chi connectivity index (χ2v) is 6.09. The van der Waals surface area contributed by atoms with Gasteiger partial charge in [-0.05, 0) is 38.8 Å². The molecule has 0 atom stereocenters. The first-order valence-electron chi connectivity index (χ1n) is 7.98. The number of nitrogens with zero attached hydrogens (tertiary/aromatic N) is 4. The molecule has 0 spiro atoms. The summed E-state index contributed by atoms with van der Waals surface area (Å²) in [4.78, 5) is 13.9. The fourth-order valence-electron chi connectivity index (χ4n) is 3.16. The van der Waals surface area contributed by atoms with Gasteiger partial charge in [0.05, 0.1) is 11.4 Å². The maximum absolute atomic E-state index is 4.67. The van der Waals surface area contributed by atoms with E-state index in [2.05, 4.69) is 57.1 Å². The van der Waals surface area contributed by atoms with Gasteiger partial charge in [-0.25, -0.2) is 4.98 Å². The molecule has 1 aliphatic heterocycles. The molecule has 3 rings (SSSR count). The van der Waals surface area contributed by atoms with E-state index in [4.69, 9.17) is 0 Å². The normalized spacial score (nSPS) is 15.9. The van der Waals surface area contributed by atoms with E-state index >= 15 is 0 Å². The van der Waals surface area contributed by atoms with Crippen LogP contribution in [0.3, 0.4) is 0 Å². The van der Waals surface area contributed by atoms with Gasteiger partial charge in [-0.15, -0.1) is 0 Å². The van der Waals surface area contributed by atoms with Crippen LogP contribution >= 0.6 is 0 Å². The number of benzene rings is 1. The summed E-state index contributed by atoms with van der Waals surface area (Å²) in [7, 11) is 2.20. The predicted molar refractivity (Wildman–Crippen MR) is 91.6 cm³/mol. The average Bonchev–Trinajstić information content (AvgIpc) is 2.57. The molecule has 1 aromatic heterocycles. The molecule has 4 heteroatoms. The highest BCUT2D eigenvalue weighted by molar-refractivity contribution is 5.48. The van der Waals surface area contributed by atoms with Gasteiger partial charge >= 0.3 is 0 Å². The first-order chi connectivity index (χ1) is 10.6. The first kappa shape index (κ1) is 14.8. The number of rotatable bonds is 3.